The van der Waals surface area contributed by atoms with Crippen molar-refractivity contribution in [3.63, 3.8) is 0 Å². The van der Waals surface area contributed by atoms with E-state index in [4.69, 9.17) is 10.5 Å². The van der Waals surface area contributed by atoms with E-state index >= 15 is 0 Å². The maximum absolute atomic E-state index is 13.5. The number of nitrogen functional groups attached to an aromatic ring is 1. The highest BCUT2D eigenvalue weighted by atomic mass is 79.9. The van der Waals surface area contributed by atoms with Gasteiger partial charge in [-0.3, -0.25) is 0 Å². The van der Waals surface area contributed by atoms with Crippen LogP contribution in [-0.4, -0.2) is 0 Å². The quantitative estimate of drug-likeness (QED) is 0.802. The molecule has 0 fully saturated rings. The standard InChI is InChI=1S/C13H10Br2FNO/c14-9-1-3-11(16)8(5-9)7-18-13-4-2-10(15)6-12(13)17/h1-6H,7,17H2. The Kier molecular flexibility index (Phi) is 4.24. The Balaban J connectivity index is 2.13. The zero-order valence-electron chi connectivity index (χ0n) is 9.29. The largest absolute Gasteiger partial charge is 0.487 e. The molecule has 0 unspecified atom stereocenters. The molecule has 0 heterocycles. The number of anilines is 1. The summed E-state index contributed by atoms with van der Waals surface area (Å²) in [7, 11) is 0. The third kappa shape index (κ3) is 3.23. The Morgan fingerprint density at radius 3 is 2.44 bits per heavy atom. The molecule has 2 nitrogen and oxygen atoms in total. The van der Waals surface area contributed by atoms with Gasteiger partial charge in [0.2, 0.25) is 0 Å². The topological polar surface area (TPSA) is 35.2 Å². The Morgan fingerprint density at radius 1 is 1.06 bits per heavy atom. The van der Waals surface area contributed by atoms with Gasteiger partial charge < -0.3 is 10.5 Å². The predicted molar refractivity (Wildman–Crippen MR) is 77.0 cm³/mol. The van der Waals surface area contributed by atoms with Crippen molar-refractivity contribution in [2.24, 2.45) is 0 Å². The van der Waals surface area contributed by atoms with E-state index in [-0.39, 0.29) is 12.4 Å². The molecule has 2 N–H and O–H groups in total. The molecule has 0 amide bonds. The molecule has 0 bridgehead atoms. The third-order valence-corrected chi connectivity index (χ3v) is 3.35. The van der Waals surface area contributed by atoms with Crippen molar-refractivity contribution in [3.8, 4) is 5.75 Å². The van der Waals surface area contributed by atoms with E-state index in [1.54, 1.807) is 24.3 Å². The van der Waals surface area contributed by atoms with Gasteiger partial charge in [-0.15, -0.1) is 0 Å². The zero-order valence-corrected chi connectivity index (χ0v) is 12.5. The lowest BCUT2D eigenvalue weighted by Crippen LogP contribution is -2.01. The maximum Gasteiger partial charge on any atom is 0.142 e. The van der Waals surface area contributed by atoms with Crippen LogP contribution in [0.3, 0.4) is 0 Å². The highest BCUT2D eigenvalue weighted by molar-refractivity contribution is 9.10. The number of benzene rings is 2. The summed E-state index contributed by atoms with van der Waals surface area (Å²) in [5.74, 6) is 0.242. The van der Waals surface area contributed by atoms with Crippen molar-refractivity contribution >= 4 is 37.5 Å². The van der Waals surface area contributed by atoms with Gasteiger partial charge in [0.15, 0.2) is 0 Å². The highest BCUT2D eigenvalue weighted by Gasteiger charge is 2.06. The van der Waals surface area contributed by atoms with Crippen molar-refractivity contribution in [2.45, 2.75) is 6.61 Å². The van der Waals surface area contributed by atoms with Gasteiger partial charge in [-0.2, -0.15) is 0 Å². The summed E-state index contributed by atoms with van der Waals surface area (Å²) in [6, 6.07) is 10.0. The molecule has 0 aliphatic heterocycles. The van der Waals surface area contributed by atoms with E-state index in [1.165, 1.54) is 6.07 Å². The second-order valence-corrected chi connectivity index (χ2v) is 5.54. The second-order valence-electron chi connectivity index (χ2n) is 3.71. The molecular formula is C13H10Br2FNO. The average Bonchev–Trinajstić information content (AvgIpc) is 2.32. The molecule has 2 aromatic carbocycles. The Morgan fingerprint density at radius 2 is 1.72 bits per heavy atom. The Bertz CT molecular complexity index is 575. The van der Waals surface area contributed by atoms with Gasteiger partial charge in [-0.1, -0.05) is 31.9 Å². The summed E-state index contributed by atoms with van der Waals surface area (Å²) in [5, 5.41) is 0. The molecule has 0 saturated carbocycles. The van der Waals surface area contributed by atoms with Crippen LogP contribution in [0, 0.1) is 5.82 Å². The lowest BCUT2D eigenvalue weighted by Gasteiger charge is -2.10. The molecule has 5 heteroatoms. The van der Waals surface area contributed by atoms with Gasteiger partial charge in [0, 0.05) is 14.5 Å². The number of halogens is 3. The lowest BCUT2D eigenvalue weighted by atomic mass is 10.2. The zero-order chi connectivity index (χ0) is 13.1. The van der Waals surface area contributed by atoms with Crippen molar-refractivity contribution in [1.29, 1.82) is 0 Å². The van der Waals surface area contributed by atoms with Gasteiger partial charge in [-0.05, 0) is 36.4 Å². The van der Waals surface area contributed by atoms with Crippen LogP contribution in [0.1, 0.15) is 5.56 Å². The van der Waals surface area contributed by atoms with E-state index in [1.807, 2.05) is 6.07 Å². The molecule has 0 aromatic heterocycles. The van der Waals surface area contributed by atoms with Crippen LogP contribution >= 0.6 is 31.9 Å². The SMILES string of the molecule is Nc1cc(Br)ccc1OCc1cc(Br)ccc1F. The monoisotopic (exact) mass is 373 g/mol. The summed E-state index contributed by atoms with van der Waals surface area (Å²) in [4.78, 5) is 0. The molecule has 0 aliphatic carbocycles. The highest BCUT2D eigenvalue weighted by Crippen LogP contribution is 2.26. The van der Waals surface area contributed by atoms with Gasteiger partial charge in [0.05, 0.1) is 5.69 Å². The number of ether oxygens (including phenoxy) is 1. The first kappa shape index (κ1) is 13.4. The van der Waals surface area contributed by atoms with E-state index < -0.39 is 0 Å². The summed E-state index contributed by atoms with van der Waals surface area (Å²) in [6.07, 6.45) is 0. The fraction of sp³-hybridized carbons (Fsp3) is 0.0769. The molecular weight excluding hydrogens is 365 g/mol. The van der Waals surface area contributed by atoms with E-state index in [9.17, 15) is 4.39 Å². The van der Waals surface area contributed by atoms with Gasteiger partial charge in [0.25, 0.3) is 0 Å². The summed E-state index contributed by atoms with van der Waals surface area (Å²) in [5.41, 5.74) is 6.79. The van der Waals surface area contributed by atoms with Crippen molar-refractivity contribution in [1.82, 2.24) is 0 Å². The lowest BCUT2D eigenvalue weighted by molar-refractivity contribution is 0.301. The third-order valence-electron chi connectivity index (χ3n) is 2.36. The van der Waals surface area contributed by atoms with Crippen LogP contribution in [0.2, 0.25) is 0 Å². The van der Waals surface area contributed by atoms with Gasteiger partial charge >= 0.3 is 0 Å². The predicted octanol–water partition coefficient (Wildman–Crippen LogP) is 4.51. The van der Waals surface area contributed by atoms with Gasteiger partial charge in [0.1, 0.15) is 18.2 Å². The van der Waals surface area contributed by atoms with Crippen LogP contribution in [0.4, 0.5) is 10.1 Å². The maximum atomic E-state index is 13.5. The van der Waals surface area contributed by atoms with E-state index in [2.05, 4.69) is 31.9 Å². The Hall–Kier alpha value is -1.07. The normalized spacial score (nSPS) is 10.4. The van der Waals surface area contributed by atoms with Crippen LogP contribution in [-0.2, 0) is 6.61 Å². The molecule has 0 atom stereocenters. The molecule has 0 aliphatic rings. The number of hydrogen-bond donors (Lipinski definition) is 1. The van der Waals surface area contributed by atoms with Gasteiger partial charge in [-0.25, -0.2) is 4.39 Å². The van der Waals surface area contributed by atoms with Crippen molar-refractivity contribution in [3.05, 3.63) is 56.7 Å². The van der Waals surface area contributed by atoms with Crippen LogP contribution in [0.15, 0.2) is 45.3 Å². The summed E-state index contributed by atoms with van der Waals surface area (Å²) < 4.78 is 20.7. The molecule has 18 heavy (non-hydrogen) atoms. The second kappa shape index (κ2) is 5.71. The minimum atomic E-state index is -0.297. The molecule has 0 radical (unpaired) electrons. The fourth-order valence-electron chi connectivity index (χ4n) is 1.46. The molecule has 94 valence electrons. The number of hydrogen-bond acceptors (Lipinski definition) is 2. The van der Waals surface area contributed by atoms with E-state index in [0.29, 0.717) is 17.0 Å². The first-order valence-corrected chi connectivity index (χ1v) is 6.76. The smallest absolute Gasteiger partial charge is 0.142 e. The molecule has 2 rings (SSSR count). The van der Waals surface area contributed by atoms with Crippen molar-refractivity contribution in [2.75, 3.05) is 5.73 Å². The summed E-state index contributed by atoms with van der Waals surface area (Å²) in [6.45, 7) is 0.136. The number of rotatable bonds is 3. The van der Waals surface area contributed by atoms with E-state index in [0.717, 1.165) is 8.95 Å². The Labute approximate surface area is 121 Å². The van der Waals surface area contributed by atoms with Crippen LogP contribution < -0.4 is 10.5 Å². The fourth-order valence-corrected chi connectivity index (χ4v) is 2.25. The molecule has 2 aromatic rings. The molecule has 0 saturated heterocycles. The summed E-state index contributed by atoms with van der Waals surface area (Å²) >= 11 is 6.61. The van der Waals surface area contributed by atoms with Crippen LogP contribution in [0.5, 0.6) is 5.75 Å². The first-order valence-electron chi connectivity index (χ1n) is 5.18. The van der Waals surface area contributed by atoms with Crippen molar-refractivity contribution < 1.29 is 9.13 Å². The van der Waals surface area contributed by atoms with Crippen LogP contribution in [0.25, 0.3) is 0 Å². The average molecular weight is 375 g/mol. The molecule has 0 spiro atoms. The first-order chi connectivity index (χ1) is 8.56. The minimum Gasteiger partial charge on any atom is -0.487 e. The minimum absolute atomic E-state index is 0.136. The number of nitrogens with two attached hydrogens (primary N) is 1.